The second-order valence-electron chi connectivity index (χ2n) is 12.1. The zero-order valence-corrected chi connectivity index (χ0v) is 27.7. The largest absolute Gasteiger partial charge is 0.422 e. The first-order valence-corrected chi connectivity index (χ1v) is 16.8. The van der Waals surface area contributed by atoms with Gasteiger partial charge in [0.05, 0.1) is 5.39 Å². The second kappa shape index (κ2) is 14.2. The fourth-order valence-electron chi connectivity index (χ4n) is 6.22. The second-order valence-corrected chi connectivity index (χ2v) is 12.1. The Morgan fingerprint density at radius 1 is 0.392 bits per heavy atom. The monoisotopic (exact) mass is 656 g/mol. The van der Waals surface area contributed by atoms with Crippen LogP contribution in [0, 0.1) is 11.8 Å². The van der Waals surface area contributed by atoms with Crippen molar-refractivity contribution in [1.29, 1.82) is 0 Å². The van der Waals surface area contributed by atoms with Gasteiger partial charge in [0.25, 0.3) is 0 Å². The molecule has 0 radical (unpaired) electrons. The van der Waals surface area contributed by atoms with Crippen molar-refractivity contribution in [3.63, 3.8) is 0 Å². The molecule has 7 aromatic carbocycles. The van der Waals surface area contributed by atoms with Gasteiger partial charge in [-0.2, -0.15) is 0 Å². The lowest BCUT2D eigenvalue weighted by molar-refractivity contribution is 0.534. The van der Waals surface area contributed by atoms with Crippen LogP contribution in [0.15, 0.2) is 203 Å². The number of benzene rings is 7. The van der Waals surface area contributed by atoms with Crippen molar-refractivity contribution in [3.05, 3.63) is 216 Å². The normalized spacial score (nSPS) is 10.7. The van der Waals surface area contributed by atoms with Gasteiger partial charge in [-0.25, -0.2) is 4.79 Å². The number of rotatable bonds is 7. The lowest BCUT2D eigenvalue weighted by Crippen LogP contribution is -2.09. The van der Waals surface area contributed by atoms with Gasteiger partial charge in [-0.15, -0.1) is 0 Å². The van der Waals surface area contributed by atoms with Gasteiger partial charge in [-0.1, -0.05) is 90.7 Å². The minimum Gasteiger partial charge on any atom is -0.422 e. The lowest BCUT2D eigenvalue weighted by Gasteiger charge is -2.25. The fraction of sp³-hybridized carbons (Fsp3) is 0. The third-order valence-electron chi connectivity index (χ3n) is 8.71. The van der Waals surface area contributed by atoms with Gasteiger partial charge in [0, 0.05) is 50.8 Å². The van der Waals surface area contributed by atoms with E-state index >= 15 is 0 Å². The maximum atomic E-state index is 13.3. The summed E-state index contributed by atoms with van der Waals surface area (Å²) in [4.78, 5) is 17.7. The molecule has 0 amide bonds. The first-order chi connectivity index (χ1) is 25.2. The third-order valence-corrected chi connectivity index (χ3v) is 8.71. The first-order valence-electron chi connectivity index (χ1n) is 16.8. The van der Waals surface area contributed by atoms with Crippen LogP contribution in [0.1, 0.15) is 11.1 Å². The number of nitrogens with zero attached hydrogens (tertiary/aromatic N) is 2. The van der Waals surface area contributed by atoms with Crippen molar-refractivity contribution >= 4 is 44.9 Å². The quantitative estimate of drug-likeness (QED) is 0.160. The summed E-state index contributed by atoms with van der Waals surface area (Å²) < 4.78 is 5.85. The Kier molecular flexibility index (Phi) is 8.67. The molecule has 0 aliphatic heterocycles. The first kappa shape index (κ1) is 31.2. The lowest BCUT2D eigenvalue weighted by atomic mass is 10.1. The molecular weight excluding hydrogens is 625 g/mol. The maximum Gasteiger partial charge on any atom is 0.344 e. The molecule has 1 heterocycles. The molecule has 4 nitrogen and oxygen atoms in total. The van der Waals surface area contributed by atoms with Crippen molar-refractivity contribution in [2.45, 2.75) is 0 Å². The van der Waals surface area contributed by atoms with Crippen LogP contribution in [0.5, 0.6) is 0 Å². The third kappa shape index (κ3) is 6.78. The molecule has 1 aromatic heterocycles. The highest BCUT2D eigenvalue weighted by Crippen LogP contribution is 2.36. The summed E-state index contributed by atoms with van der Waals surface area (Å²) in [5, 5.41) is 1.30. The summed E-state index contributed by atoms with van der Waals surface area (Å²) >= 11 is 0. The van der Waals surface area contributed by atoms with Crippen LogP contribution < -0.4 is 15.4 Å². The molecule has 0 aliphatic rings. The van der Waals surface area contributed by atoms with Crippen LogP contribution in [0.2, 0.25) is 0 Å². The minimum absolute atomic E-state index is 0.392. The summed E-state index contributed by atoms with van der Waals surface area (Å²) in [7, 11) is 0. The summed E-state index contributed by atoms with van der Waals surface area (Å²) in [5.74, 6) is 7.01. The smallest absolute Gasteiger partial charge is 0.344 e. The Labute approximate surface area is 297 Å². The van der Waals surface area contributed by atoms with Crippen molar-refractivity contribution in [3.8, 4) is 23.2 Å². The molecule has 0 saturated carbocycles. The molecule has 0 fully saturated rings. The number of hydrogen-bond donors (Lipinski definition) is 0. The molecule has 242 valence electrons. The average Bonchev–Trinajstić information content (AvgIpc) is 3.20. The fourth-order valence-corrected chi connectivity index (χ4v) is 6.22. The highest BCUT2D eigenvalue weighted by atomic mass is 16.4. The number of hydrogen-bond acceptors (Lipinski definition) is 4. The Balaban J connectivity index is 1.03. The summed E-state index contributed by atoms with van der Waals surface area (Å²) in [6.07, 6.45) is 0. The van der Waals surface area contributed by atoms with E-state index in [1.807, 2.05) is 127 Å². The molecule has 4 heteroatoms. The van der Waals surface area contributed by atoms with Crippen molar-refractivity contribution in [2.24, 2.45) is 0 Å². The summed E-state index contributed by atoms with van der Waals surface area (Å²) in [6, 6.07) is 65.0. The Hall–Kier alpha value is -7.09. The standard InChI is InChI=1S/C47H32N2O2/c50-47-45-33-36(22-21-35-24-29-43(30-25-35)48(39-13-5-1-6-14-39)40-15-7-2-8-16-40)23-26-38(45)34-46(51-47)37-27-31-44(32-28-37)49(41-17-9-3-10-18-41)42-19-11-4-12-20-42/h1-20,23-34H. The molecular formula is C47H32N2O2. The Bertz CT molecular complexity index is 2440. The molecule has 51 heavy (non-hydrogen) atoms. The van der Waals surface area contributed by atoms with Crippen LogP contribution in [0.25, 0.3) is 22.1 Å². The van der Waals surface area contributed by atoms with Gasteiger partial charge in [-0.3, -0.25) is 0 Å². The molecule has 0 spiro atoms. The van der Waals surface area contributed by atoms with E-state index in [-0.39, 0.29) is 0 Å². The van der Waals surface area contributed by atoms with E-state index < -0.39 is 5.63 Å². The van der Waals surface area contributed by atoms with E-state index in [9.17, 15) is 4.79 Å². The van der Waals surface area contributed by atoms with Gasteiger partial charge in [0.2, 0.25) is 0 Å². The average molecular weight is 657 g/mol. The number of anilines is 6. The van der Waals surface area contributed by atoms with Crippen LogP contribution >= 0.6 is 0 Å². The molecule has 8 aromatic rings. The van der Waals surface area contributed by atoms with Crippen molar-refractivity contribution in [1.82, 2.24) is 0 Å². The van der Waals surface area contributed by atoms with Gasteiger partial charge in [0.15, 0.2) is 0 Å². The number of para-hydroxylation sites is 4. The van der Waals surface area contributed by atoms with E-state index in [4.69, 9.17) is 4.42 Å². The molecule has 0 N–H and O–H groups in total. The van der Waals surface area contributed by atoms with E-state index in [1.165, 1.54) is 0 Å². The predicted molar refractivity (Wildman–Crippen MR) is 210 cm³/mol. The Morgan fingerprint density at radius 2 is 0.784 bits per heavy atom. The minimum atomic E-state index is -0.392. The molecule has 0 bridgehead atoms. The number of fused-ring (bicyclic) bond motifs is 1. The van der Waals surface area contributed by atoms with Crippen molar-refractivity contribution in [2.75, 3.05) is 9.80 Å². The van der Waals surface area contributed by atoms with E-state index in [1.54, 1.807) is 6.07 Å². The van der Waals surface area contributed by atoms with Crippen LogP contribution in [-0.2, 0) is 0 Å². The zero-order valence-electron chi connectivity index (χ0n) is 27.7. The molecule has 0 atom stereocenters. The van der Waals surface area contributed by atoms with E-state index in [2.05, 4.69) is 82.3 Å². The Morgan fingerprint density at radius 3 is 1.25 bits per heavy atom. The van der Waals surface area contributed by atoms with Crippen LogP contribution in [0.4, 0.5) is 34.1 Å². The van der Waals surface area contributed by atoms with Gasteiger partial charge in [0.1, 0.15) is 5.76 Å². The molecule has 0 aliphatic carbocycles. The van der Waals surface area contributed by atoms with Gasteiger partial charge >= 0.3 is 5.63 Å². The van der Waals surface area contributed by atoms with E-state index in [0.717, 1.165) is 56.2 Å². The molecule has 0 unspecified atom stereocenters. The SMILES string of the molecule is O=c1oc(-c2ccc(N(c3ccccc3)c3ccccc3)cc2)cc2ccc(C#Cc3ccc(N(c4ccccc4)c4ccccc4)cc3)cc12. The van der Waals surface area contributed by atoms with Gasteiger partial charge in [-0.05, 0) is 121 Å². The predicted octanol–water partition coefficient (Wildman–Crippen LogP) is 11.8. The van der Waals surface area contributed by atoms with Crippen LogP contribution in [-0.4, -0.2) is 0 Å². The molecule has 8 rings (SSSR count). The highest BCUT2D eigenvalue weighted by Gasteiger charge is 2.14. The highest BCUT2D eigenvalue weighted by molar-refractivity contribution is 5.86. The van der Waals surface area contributed by atoms with Gasteiger partial charge < -0.3 is 14.2 Å². The topological polar surface area (TPSA) is 36.7 Å². The molecule has 0 saturated heterocycles. The van der Waals surface area contributed by atoms with Crippen LogP contribution in [0.3, 0.4) is 0 Å². The summed E-state index contributed by atoms with van der Waals surface area (Å²) in [5.41, 5.74) is 8.37. The van der Waals surface area contributed by atoms with Crippen molar-refractivity contribution < 1.29 is 4.42 Å². The van der Waals surface area contributed by atoms with E-state index in [0.29, 0.717) is 11.1 Å². The maximum absolute atomic E-state index is 13.3. The zero-order chi connectivity index (χ0) is 34.4. The summed E-state index contributed by atoms with van der Waals surface area (Å²) in [6.45, 7) is 0.